The van der Waals surface area contributed by atoms with Gasteiger partial charge in [-0.15, -0.1) is 11.8 Å². The lowest BCUT2D eigenvalue weighted by atomic mass is 10.1. The maximum absolute atomic E-state index is 13.5. The third kappa shape index (κ3) is 8.57. The van der Waals surface area contributed by atoms with Crippen LogP contribution in [0.3, 0.4) is 0 Å². The number of carbonyl (C=O) groups is 3. The third-order valence-corrected chi connectivity index (χ3v) is 8.20. The van der Waals surface area contributed by atoms with Crippen LogP contribution in [-0.2, 0) is 9.59 Å². The highest BCUT2D eigenvalue weighted by Crippen LogP contribution is 2.31. The Balaban J connectivity index is 1.49. The van der Waals surface area contributed by atoms with Crippen LogP contribution in [0.4, 0.5) is 11.4 Å². The lowest BCUT2D eigenvalue weighted by Gasteiger charge is -2.15. The minimum Gasteiger partial charge on any atom is -0.497 e. The predicted octanol–water partition coefficient (Wildman–Crippen LogP) is 7.54. The Bertz CT molecular complexity index is 1680. The number of methoxy groups -OCH3 is 2. The Kier molecular flexibility index (Phi) is 11.3. The standard InChI is InChI=1S/C33H29Cl2N3O5S/c1-20(31(39)37-27-11-7-10-26(34)30(27)35)44-25-15-12-23(13-16-25)36-33(41)28(38-32(40)21-8-5-4-6-9-21)19-22-18-24(42-2)14-17-29(22)43-3/h4-20H,1-3H3,(H,36,41)(H,37,39)(H,38,40)/b28-19-. The maximum atomic E-state index is 13.5. The van der Waals surface area contributed by atoms with E-state index < -0.39 is 17.1 Å². The van der Waals surface area contributed by atoms with Crippen molar-refractivity contribution in [2.24, 2.45) is 0 Å². The largest absolute Gasteiger partial charge is 0.497 e. The molecule has 4 aromatic carbocycles. The number of ether oxygens (including phenoxy) is 2. The van der Waals surface area contributed by atoms with Crippen molar-refractivity contribution in [2.45, 2.75) is 17.1 Å². The number of halogens is 2. The molecule has 0 aliphatic heterocycles. The van der Waals surface area contributed by atoms with E-state index in [0.717, 1.165) is 4.90 Å². The maximum Gasteiger partial charge on any atom is 0.272 e. The van der Waals surface area contributed by atoms with Crippen LogP contribution in [0.2, 0.25) is 10.0 Å². The van der Waals surface area contributed by atoms with E-state index in [-0.39, 0.29) is 16.6 Å². The second-order valence-electron chi connectivity index (χ2n) is 9.32. The van der Waals surface area contributed by atoms with E-state index in [0.29, 0.717) is 39.0 Å². The first-order valence-electron chi connectivity index (χ1n) is 13.3. The molecule has 1 atom stereocenters. The number of hydrogen-bond acceptors (Lipinski definition) is 6. The van der Waals surface area contributed by atoms with Crippen molar-refractivity contribution < 1.29 is 23.9 Å². The molecule has 226 valence electrons. The van der Waals surface area contributed by atoms with Gasteiger partial charge in [0.15, 0.2) is 0 Å². The smallest absolute Gasteiger partial charge is 0.272 e. The Morgan fingerprint density at radius 1 is 0.841 bits per heavy atom. The average molecular weight is 651 g/mol. The molecule has 8 nitrogen and oxygen atoms in total. The van der Waals surface area contributed by atoms with Crippen LogP contribution in [0.25, 0.3) is 6.08 Å². The zero-order chi connectivity index (χ0) is 31.6. The van der Waals surface area contributed by atoms with Crippen LogP contribution < -0.4 is 25.4 Å². The number of benzene rings is 4. The molecule has 4 rings (SSSR count). The SMILES string of the molecule is COc1ccc(OC)c(/C=C(\NC(=O)c2ccccc2)C(=O)Nc2ccc(SC(C)C(=O)Nc3cccc(Cl)c3Cl)cc2)c1. The summed E-state index contributed by atoms with van der Waals surface area (Å²) in [7, 11) is 3.04. The van der Waals surface area contributed by atoms with Crippen molar-refractivity contribution in [1.29, 1.82) is 0 Å². The molecule has 0 spiro atoms. The highest BCUT2D eigenvalue weighted by molar-refractivity contribution is 8.00. The van der Waals surface area contributed by atoms with Gasteiger partial charge in [0.2, 0.25) is 5.91 Å². The fourth-order valence-electron chi connectivity index (χ4n) is 3.96. The van der Waals surface area contributed by atoms with E-state index in [4.69, 9.17) is 32.7 Å². The molecule has 0 bridgehead atoms. The van der Waals surface area contributed by atoms with E-state index in [9.17, 15) is 14.4 Å². The molecular formula is C33H29Cl2N3O5S. The van der Waals surface area contributed by atoms with Gasteiger partial charge in [0.05, 0.1) is 35.2 Å². The molecule has 44 heavy (non-hydrogen) atoms. The van der Waals surface area contributed by atoms with Gasteiger partial charge in [0.1, 0.15) is 17.2 Å². The predicted molar refractivity (Wildman–Crippen MR) is 177 cm³/mol. The fourth-order valence-corrected chi connectivity index (χ4v) is 5.17. The minimum absolute atomic E-state index is 0.00572. The fraction of sp³-hybridized carbons (Fsp3) is 0.121. The summed E-state index contributed by atoms with van der Waals surface area (Å²) in [5, 5.41) is 8.50. The van der Waals surface area contributed by atoms with Crippen LogP contribution >= 0.6 is 35.0 Å². The van der Waals surface area contributed by atoms with E-state index in [1.54, 1.807) is 97.9 Å². The lowest BCUT2D eigenvalue weighted by Crippen LogP contribution is -2.30. The summed E-state index contributed by atoms with van der Waals surface area (Å²) in [6, 6.07) is 25.7. The first-order chi connectivity index (χ1) is 21.2. The summed E-state index contributed by atoms with van der Waals surface area (Å²) in [5.74, 6) is -0.203. The molecule has 0 aliphatic carbocycles. The van der Waals surface area contributed by atoms with Crippen molar-refractivity contribution in [3.05, 3.63) is 118 Å². The first-order valence-corrected chi connectivity index (χ1v) is 14.9. The molecule has 0 saturated carbocycles. The Morgan fingerprint density at radius 3 is 2.25 bits per heavy atom. The molecular weight excluding hydrogens is 621 g/mol. The van der Waals surface area contributed by atoms with Crippen molar-refractivity contribution in [3.63, 3.8) is 0 Å². The zero-order valence-electron chi connectivity index (χ0n) is 24.0. The molecule has 1 unspecified atom stereocenters. The van der Waals surface area contributed by atoms with Gasteiger partial charge in [-0.2, -0.15) is 0 Å². The van der Waals surface area contributed by atoms with Crippen molar-refractivity contribution in [2.75, 3.05) is 24.9 Å². The molecule has 0 aromatic heterocycles. The molecule has 0 fully saturated rings. The highest BCUT2D eigenvalue weighted by Gasteiger charge is 2.19. The number of rotatable bonds is 11. The van der Waals surface area contributed by atoms with Gasteiger partial charge >= 0.3 is 0 Å². The molecule has 0 radical (unpaired) electrons. The number of hydrogen-bond donors (Lipinski definition) is 3. The first kappa shape index (κ1) is 32.5. The second-order valence-corrected chi connectivity index (χ2v) is 11.5. The van der Waals surface area contributed by atoms with Gasteiger partial charge in [-0.05, 0) is 79.7 Å². The minimum atomic E-state index is -0.550. The average Bonchev–Trinajstić information content (AvgIpc) is 3.04. The molecule has 11 heteroatoms. The number of amides is 3. The number of nitrogens with one attached hydrogen (secondary N) is 3. The molecule has 0 saturated heterocycles. The Labute approximate surface area is 269 Å². The van der Waals surface area contributed by atoms with Gasteiger partial charge in [-0.25, -0.2) is 0 Å². The summed E-state index contributed by atoms with van der Waals surface area (Å²) < 4.78 is 10.8. The summed E-state index contributed by atoms with van der Waals surface area (Å²) >= 11 is 13.6. The van der Waals surface area contributed by atoms with Crippen LogP contribution in [0.5, 0.6) is 11.5 Å². The Hall–Kier alpha value is -4.44. The molecule has 0 heterocycles. The van der Waals surface area contributed by atoms with Gasteiger partial charge < -0.3 is 25.4 Å². The summed E-state index contributed by atoms with van der Waals surface area (Å²) in [4.78, 5) is 40.0. The molecule has 3 amide bonds. The number of anilines is 2. The van der Waals surface area contributed by atoms with Crippen LogP contribution in [0, 0.1) is 0 Å². The highest BCUT2D eigenvalue weighted by atomic mass is 35.5. The van der Waals surface area contributed by atoms with E-state index in [2.05, 4.69) is 16.0 Å². The van der Waals surface area contributed by atoms with Gasteiger partial charge in [-0.3, -0.25) is 14.4 Å². The topological polar surface area (TPSA) is 106 Å². The van der Waals surface area contributed by atoms with E-state index in [1.807, 2.05) is 0 Å². The quantitative estimate of drug-likeness (QED) is 0.114. The Morgan fingerprint density at radius 2 is 1.57 bits per heavy atom. The third-order valence-electron chi connectivity index (χ3n) is 6.27. The summed E-state index contributed by atoms with van der Waals surface area (Å²) in [6.45, 7) is 1.77. The normalized spacial score (nSPS) is 11.7. The zero-order valence-corrected chi connectivity index (χ0v) is 26.3. The van der Waals surface area contributed by atoms with Crippen molar-refractivity contribution in [3.8, 4) is 11.5 Å². The van der Waals surface area contributed by atoms with Crippen LogP contribution in [0.15, 0.2) is 102 Å². The van der Waals surface area contributed by atoms with E-state index >= 15 is 0 Å². The van der Waals surface area contributed by atoms with Crippen molar-refractivity contribution >= 4 is 70.1 Å². The van der Waals surface area contributed by atoms with Gasteiger partial charge in [0, 0.05) is 21.7 Å². The van der Waals surface area contributed by atoms with Crippen molar-refractivity contribution in [1.82, 2.24) is 5.32 Å². The molecule has 3 N–H and O–H groups in total. The lowest BCUT2D eigenvalue weighted by molar-refractivity contribution is -0.115. The second kappa shape index (κ2) is 15.3. The van der Waals surface area contributed by atoms with Gasteiger partial charge in [-0.1, -0.05) is 47.5 Å². The summed E-state index contributed by atoms with van der Waals surface area (Å²) in [6.07, 6.45) is 1.52. The van der Waals surface area contributed by atoms with Crippen LogP contribution in [-0.4, -0.2) is 37.2 Å². The number of carbonyl (C=O) groups excluding carboxylic acids is 3. The van der Waals surface area contributed by atoms with Crippen LogP contribution in [0.1, 0.15) is 22.8 Å². The summed E-state index contributed by atoms with van der Waals surface area (Å²) in [5.41, 5.74) is 1.84. The number of thioether (sulfide) groups is 1. The van der Waals surface area contributed by atoms with Gasteiger partial charge in [0.25, 0.3) is 11.8 Å². The molecule has 4 aromatic rings. The monoisotopic (exact) mass is 649 g/mol. The molecule has 0 aliphatic rings. The van der Waals surface area contributed by atoms with E-state index in [1.165, 1.54) is 32.1 Å².